The predicted molar refractivity (Wildman–Crippen MR) is 176 cm³/mol. The van der Waals surface area contributed by atoms with E-state index in [-0.39, 0.29) is 0 Å². The van der Waals surface area contributed by atoms with E-state index in [9.17, 15) is 0 Å². The van der Waals surface area contributed by atoms with Crippen LogP contribution in [0.15, 0.2) is 0 Å². The molecule has 7 saturated carbocycles. The van der Waals surface area contributed by atoms with E-state index >= 15 is 0 Å². The summed E-state index contributed by atoms with van der Waals surface area (Å²) in [6.07, 6.45) is 42.8. The van der Waals surface area contributed by atoms with Crippen molar-refractivity contribution in [2.24, 2.45) is 76.9 Å². The van der Waals surface area contributed by atoms with E-state index in [0.29, 0.717) is 0 Å². The Hall–Kier alpha value is 0. The molecule has 0 saturated heterocycles. The standard InChI is InChI=1S/C41H70/c1-2-3-15-30(29-16-5-4-6-17-29)26-27-37-34-21-11-13-24-38(34)41(39-25-14-12-22-35(37)39)40-28-31-18-7-8-19-32(31)33-20-9-10-23-36(33)40/h29-41H,2-28H2,1H3/t30-,31-,32?,33?,34-,35?,36-,37?,38?,39+,40+,41?/m0/s1. The number of rotatable bonds is 8. The zero-order valence-electron chi connectivity index (χ0n) is 27.6. The lowest BCUT2D eigenvalue weighted by Gasteiger charge is -2.62. The van der Waals surface area contributed by atoms with Crippen molar-refractivity contribution in [3.8, 4) is 0 Å². The highest BCUT2D eigenvalue weighted by atomic mass is 14.6. The Bertz CT molecular complexity index is 768. The largest absolute Gasteiger partial charge is 0.0654 e. The van der Waals surface area contributed by atoms with Crippen molar-refractivity contribution in [1.82, 2.24) is 0 Å². The molecule has 0 aromatic rings. The van der Waals surface area contributed by atoms with Crippen LogP contribution in [0.25, 0.3) is 0 Å². The lowest BCUT2D eigenvalue weighted by atomic mass is 9.43. The highest BCUT2D eigenvalue weighted by Crippen LogP contribution is 2.64. The van der Waals surface area contributed by atoms with Gasteiger partial charge < -0.3 is 0 Å². The van der Waals surface area contributed by atoms with Crippen LogP contribution in [0.3, 0.4) is 0 Å². The molecule has 41 heavy (non-hydrogen) atoms. The summed E-state index contributed by atoms with van der Waals surface area (Å²) in [6.45, 7) is 2.44. The van der Waals surface area contributed by atoms with Crippen molar-refractivity contribution in [3.05, 3.63) is 0 Å². The van der Waals surface area contributed by atoms with Crippen LogP contribution in [0.5, 0.6) is 0 Å². The van der Waals surface area contributed by atoms with Gasteiger partial charge in [0.2, 0.25) is 0 Å². The molecule has 12 atom stereocenters. The minimum atomic E-state index is 1.07. The monoisotopic (exact) mass is 563 g/mol. The molecular formula is C41H70. The van der Waals surface area contributed by atoms with Gasteiger partial charge in [0.05, 0.1) is 0 Å². The van der Waals surface area contributed by atoms with Crippen LogP contribution in [-0.2, 0) is 0 Å². The Morgan fingerprint density at radius 3 is 1.61 bits per heavy atom. The first-order valence-electron chi connectivity index (χ1n) is 20.3. The molecule has 0 heteroatoms. The first kappa shape index (κ1) is 29.7. The summed E-state index contributed by atoms with van der Waals surface area (Å²) in [6, 6.07) is 0. The Morgan fingerprint density at radius 1 is 0.463 bits per heavy atom. The molecule has 0 radical (unpaired) electrons. The summed E-state index contributed by atoms with van der Waals surface area (Å²) in [4.78, 5) is 0. The van der Waals surface area contributed by atoms with Gasteiger partial charge >= 0.3 is 0 Å². The third kappa shape index (κ3) is 6.14. The van der Waals surface area contributed by atoms with Gasteiger partial charge in [-0.25, -0.2) is 0 Å². The lowest BCUT2D eigenvalue weighted by molar-refractivity contribution is -0.132. The smallest absolute Gasteiger partial charge is 0.0321 e. The van der Waals surface area contributed by atoms with Gasteiger partial charge in [0.25, 0.3) is 0 Å². The molecule has 0 N–H and O–H groups in total. The topological polar surface area (TPSA) is 0 Å². The van der Waals surface area contributed by atoms with Gasteiger partial charge in [-0.05, 0) is 141 Å². The Morgan fingerprint density at radius 2 is 0.976 bits per heavy atom. The first-order chi connectivity index (χ1) is 20.3. The van der Waals surface area contributed by atoms with E-state index in [4.69, 9.17) is 0 Å². The van der Waals surface area contributed by atoms with Gasteiger partial charge in [-0.3, -0.25) is 0 Å². The van der Waals surface area contributed by atoms with Crippen molar-refractivity contribution in [2.45, 2.75) is 180 Å². The first-order valence-corrected chi connectivity index (χ1v) is 20.3. The maximum Gasteiger partial charge on any atom is -0.0321 e. The van der Waals surface area contributed by atoms with E-state index < -0.39 is 0 Å². The molecule has 0 aliphatic heterocycles. The molecule has 0 aromatic heterocycles. The van der Waals surface area contributed by atoms with E-state index in [2.05, 4.69) is 6.92 Å². The minimum Gasteiger partial charge on any atom is -0.0654 e. The fraction of sp³-hybridized carbons (Fsp3) is 1.00. The summed E-state index contributed by atoms with van der Waals surface area (Å²) in [5, 5.41) is 0. The highest BCUT2D eigenvalue weighted by Gasteiger charge is 2.57. The maximum atomic E-state index is 2.44. The van der Waals surface area contributed by atoms with Crippen molar-refractivity contribution in [3.63, 3.8) is 0 Å². The molecule has 0 bridgehead atoms. The predicted octanol–water partition coefficient (Wildman–Crippen LogP) is 12.6. The summed E-state index contributed by atoms with van der Waals surface area (Å²) in [7, 11) is 0. The molecule has 0 heterocycles. The minimum absolute atomic E-state index is 1.07. The second-order valence-corrected chi connectivity index (χ2v) is 17.6. The summed E-state index contributed by atoms with van der Waals surface area (Å²) in [5.74, 6) is 14.6. The van der Waals surface area contributed by atoms with Gasteiger partial charge in [0, 0.05) is 0 Å². The summed E-state index contributed by atoms with van der Waals surface area (Å²) < 4.78 is 0. The van der Waals surface area contributed by atoms with Crippen molar-refractivity contribution >= 4 is 0 Å². The lowest BCUT2D eigenvalue weighted by Crippen LogP contribution is -2.55. The molecule has 0 spiro atoms. The van der Waals surface area contributed by atoms with E-state index in [0.717, 1.165) is 76.9 Å². The zero-order chi connectivity index (χ0) is 27.6. The van der Waals surface area contributed by atoms with Crippen LogP contribution < -0.4 is 0 Å². The fourth-order valence-electron chi connectivity index (χ4n) is 14.5. The molecule has 0 nitrogen and oxygen atoms in total. The van der Waals surface area contributed by atoms with Gasteiger partial charge in [-0.15, -0.1) is 0 Å². The van der Waals surface area contributed by atoms with Gasteiger partial charge in [0.1, 0.15) is 0 Å². The van der Waals surface area contributed by atoms with Crippen LogP contribution in [0.1, 0.15) is 180 Å². The quantitative estimate of drug-likeness (QED) is 0.276. The average molecular weight is 563 g/mol. The second-order valence-electron chi connectivity index (χ2n) is 17.6. The van der Waals surface area contributed by atoms with Crippen LogP contribution >= 0.6 is 0 Å². The van der Waals surface area contributed by atoms with Crippen molar-refractivity contribution in [1.29, 1.82) is 0 Å². The number of unbranched alkanes of at least 4 members (excludes halogenated alkanes) is 1. The Kier molecular flexibility index (Phi) is 10.1. The molecule has 234 valence electrons. The number of hydrogen-bond acceptors (Lipinski definition) is 0. The number of hydrogen-bond donors (Lipinski definition) is 0. The van der Waals surface area contributed by atoms with Crippen molar-refractivity contribution < 1.29 is 0 Å². The molecule has 0 amide bonds. The Balaban J connectivity index is 1.14. The molecule has 0 aromatic carbocycles. The third-order valence-corrected chi connectivity index (χ3v) is 16.0. The molecule has 7 rings (SSSR count). The molecule has 7 aliphatic rings. The summed E-state index contributed by atoms with van der Waals surface area (Å²) in [5.41, 5.74) is 0. The molecular weight excluding hydrogens is 492 g/mol. The molecule has 7 aliphatic carbocycles. The fourth-order valence-corrected chi connectivity index (χ4v) is 14.5. The van der Waals surface area contributed by atoms with Crippen LogP contribution in [0.4, 0.5) is 0 Å². The normalized spacial score (nSPS) is 46.0. The van der Waals surface area contributed by atoms with E-state index in [1.54, 1.807) is 154 Å². The van der Waals surface area contributed by atoms with Crippen LogP contribution in [0, 0.1) is 76.9 Å². The average Bonchev–Trinajstić information content (AvgIpc) is 3.04. The molecule has 7 fully saturated rings. The summed E-state index contributed by atoms with van der Waals surface area (Å²) >= 11 is 0. The van der Waals surface area contributed by atoms with Crippen molar-refractivity contribution in [2.75, 3.05) is 0 Å². The Labute approximate surface area is 256 Å². The van der Waals surface area contributed by atoms with E-state index in [1.807, 2.05) is 0 Å². The third-order valence-electron chi connectivity index (χ3n) is 16.0. The second kappa shape index (κ2) is 14.0. The zero-order valence-corrected chi connectivity index (χ0v) is 27.6. The molecule has 6 unspecified atom stereocenters. The maximum absolute atomic E-state index is 2.44. The highest BCUT2D eigenvalue weighted by molar-refractivity contribution is 5.06. The van der Waals surface area contributed by atoms with Crippen LogP contribution in [-0.4, -0.2) is 0 Å². The van der Waals surface area contributed by atoms with E-state index in [1.165, 1.54) is 19.3 Å². The number of fused-ring (bicyclic) bond motifs is 5. The van der Waals surface area contributed by atoms with Gasteiger partial charge in [0.15, 0.2) is 0 Å². The SMILES string of the molecule is CCCC[C@@H](CCC1C2CCCC[C@H]2C([C@@H]2C[C@@H]3CCCCC3C3CCCC[C@@H]32)C2CCCC[C@@H]12)C1CCCCC1. The van der Waals surface area contributed by atoms with Gasteiger partial charge in [-0.1, -0.05) is 116 Å². The van der Waals surface area contributed by atoms with Gasteiger partial charge in [-0.2, -0.15) is 0 Å². The van der Waals surface area contributed by atoms with Crippen LogP contribution in [0.2, 0.25) is 0 Å².